The summed E-state index contributed by atoms with van der Waals surface area (Å²) in [6, 6.07) is 15.3. The van der Waals surface area contributed by atoms with Crippen molar-refractivity contribution in [2.45, 2.75) is 45.0 Å². The van der Waals surface area contributed by atoms with Gasteiger partial charge in [0.05, 0.1) is 6.10 Å². The number of nitrogens with one attached hydrogen (secondary N) is 3. The highest BCUT2D eigenvalue weighted by atomic mass is 35.5. The average Bonchev–Trinajstić information content (AvgIpc) is 3.11. The number of rotatable bonds is 6. The molecule has 2 unspecified atom stereocenters. The van der Waals surface area contributed by atoms with Gasteiger partial charge in [-0.25, -0.2) is 10.9 Å². The molecule has 0 spiro atoms. The van der Waals surface area contributed by atoms with E-state index in [1.807, 2.05) is 62.4 Å². The van der Waals surface area contributed by atoms with Gasteiger partial charge in [0.1, 0.15) is 11.8 Å². The van der Waals surface area contributed by atoms with E-state index in [1.165, 1.54) is 0 Å². The molecule has 3 N–H and O–H groups in total. The SMILES string of the molecule is CC(C)Oc1ccc(CNC(=O)C2CC(c3ccc(Cl)cc3)NN2)cc1. The molecule has 1 heterocycles. The molecule has 2 atom stereocenters. The van der Waals surface area contributed by atoms with Crippen LogP contribution in [0, 0.1) is 0 Å². The molecule has 1 aliphatic heterocycles. The van der Waals surface area contributed by atoms with Crippen molar-refractivity contribution < 1.29 is 9.53 Å². The zero-order valence-corrected chi connectivity index (χ0v) is 15.7. The molecule has 1 amide bonds. The second kappa shape index (κ2) is 8.54. The van der Waals surface area contributed by atoms with E-state index < -0.39 is 0 Å². The summed E-state index contributed by atoms with van der Waals surface area (Å²) in [6.07, 6.45) is 0.837. The lowest BCUT2D eigenvalue weighted by Crippen LogP contribution is -2.42. The number of ether oxygens (including phenoxy) is 1. The molecule has 5 nitrogen and oxygen atoms in total. The van der Waals surface area contributed by atoms with Crippen molar-refractivity contribution >= 4 is 17.5 Å². The Morgan fingerprint density at radius 3 is 2.50 bits per heavy atom. The normalized spacial score (nSPS) is 19.5. The highest BCUT2D eigenvalue weighted by Gasteiger charge is 2.29. The maximum absolute atomic E-state index is 12.4. The Hall–Kier alpha value is -2.08. The number of hydrogen-bond donors (Lipinski definition) is 3. The highest BCUT2D eigenvalue weighted by Crippen LogP contribution is 2.23. The Kier molecular flexibility index (Phi) is 6.14. The first kappa shape index (κ1) is 18.7. The highest BCUT2D eigenvalue weighted by molar-refractivity contribution is 6.30. The molecule has 0 saturated carbocycles. The summed E-state index contributed by atoms with van der Waals surface area (Å²) in [7, 11) is 0. The van der Waals surface area contributed by atoms with Crippen molar-refractivity contribution in [3.05, 3.63) is 64.7 Å². The van der Waals surface area contributed by atoms with Crippen molar-refractivity contribution in [2.24, 2.45) is 0 Å². The quantitative estimate of drug-likeness (QED) is 0.726. The summed E-state index contributed by atoms with van der Waals surface area (Å²) >= 11 is 5.92. The van der Waals surface area contributed by atoms with Crippen LogP contribution in [0.25, 0.3) is 0 Å². The van der Waals surface area contributed by atoms with Crippen LogP contribution in [0.2, 0.25) is 5.02 Å². The summed E-state index contributed by atoms with van der Waals surface area (Å²) in [5.74, 6) is 0.819. The lowest BCUT2D eigenvalue weighted by atomic mass is 10.0. The number of carbonyl (C=O) groups is 1. The number of hydrogen-bond acceptors (Lipinski definition) is 4. The zero-order chi connectivity index (χ0) is 18.5. The Morgan fingerprint density at radius 2 is 1.85 bits per heavy atom. The molecule has 0 radical (unpaired) electrons. The van der Waals surface area contributed by atoms with Crippen LogP contribution in [0.4, 0.5) is 0 Å². The first-order valence-electron chi connectivity index (χ1n) is 8.81. The van der Waals surface area contributed by atoms with E-state index in [4.69, 9.17) is 16.3 Å². The molecule has 1 fully saturated rings. The third kappa shape index (κ3) is 4.97. The Labute approximate surface area is 159 Å². The van der Waals surface area contributed by atoms with Crippen LogP contribution in [0.3, 0.4) is 0 Å². The van der Waals surface area contributed by atoms with E-state index in [-0.39, 0.29) is 24.1 Å². The fraction of sp³-hybridized carbons (Fsp3) is 0.350. The predicted octanol–water partition coefficient (Wildman–Crippen LogP) is 3.35. The summed E-state index contributed by atoms with van der Waals surface area (Å²) in [5, 5.41) is 3.69. The van der Waals surface area contributed by atoms with Gasteiger partial charge in [-0.15, -0.1) is 0 Å². The number of benzene rings is 2. The second-order valence-electron chi connectivity index (χ2n) is 6.71. The van der Waals surface area contributed by atoms with Crippen molar-refractivity contribution in [2.75, 3.05) is 0 Å². The molecule has 0 aromatic heterocycles. The minimum atomic E-state index is -0.265. The molecular formula is C20H24ClN3O2. The van der Waals surface area contributed by atoms with Gasteiger partial charge in [0.2, 0.25) is 5.91 Å². The van der Waals surface area contributed by atoms with Crippen LogP contribution in [0.5, 0.6) is 5.75 Å². The third-order valence-electron chi connectivity index (χ3n) is 4.25. The van der Waals surface area contributed by atoms with Crippen LogP contribution in [-0.2, 0) is 11.3 Å². The second-order valence-corrected chi connectivity index (χ2v) is 7.15. The standard InChI is InChI=1S/C20H24ClN3O2/c1-13(2)26-17-9-3-14(4-10-17)12-22-20(25)19-11-18(23-24-19)15-5-7-16(21)8-6-15/h3-10,13,18-19,23-24H,11-12H2,1-2H3,(H,22,25). The van der Waals surface area contributed by atoms with Gasteiger partial charge in [-0.2, -0.15) is 0 Å². The Bertz CT molecular complexity index is 732. The van der Waals surface area contributed by atoms with Crippen molar-refractivity contribution in [3.63, 3.8) is 0 Å². The molecule has 138 valence electrons. The first-order valence-corrected chi connectivity index (χ1v) is 9.19. The van der Waals surface area contributed by atoms with Crippen LogP contribution < -0.4 is 20.9 Å². The number of carbonyl (C=O) groups excluding carboxylic acids is 1. The largest absolute Gasteiger partial charge is 0.491 e. The average molecular weight is 374 g/mol. The topological polar surface area (TPSA) is 62.4 Å². The molecule has 26 heavy (non-hydrogen) atoms. The Balaban J connectivity index is 1.49. The lowest BCUT2D eigenvalue weighted by Gasteiger charge is -2.12. The third-order valence-corrected chi connectivity index (χ3v) is 4.51. The van der Waals surface area contributed by atoms with E-state index in [1.54, 1.807) is 0 Å². The van der Waals surface area contributed by atoms with Crippen molar-refractivity contribution in [1.82, 2.24) is 16.2 Å². The van der Waals surface area contributed by atoms with Gasteiger partial charge in [0.15, 0.2) is 0 Å². The van der Waals surface area contributed by atoms with Gasteiger partial charge in [-0.1, -0.05) is 35.9 Å². The predicted molar refractivity (Wildman–Crippen MR) is 103 cm³/mol. The number of amides is 1. The molecule has 0 aliphatic carbocycles. The van der Waals surface area contributed by atoms with Gasteiger partial charge >= 0.3 is 0 Å². The summed E-state index contributed by atoms with van der Waals surface area (Å²) < 4.78 is 5.62. The molecule has 1 aliphatic rings. The molecular weight excluding hydrogens is 350 g/mol. The minimum absolute atomic E-state index is 0.0172. The molecule has 6 heteroatoms. The molecule has 0 bridgehead atoms. The van der Waals surface area contributed by atoms with Crippen LogP contribution >= 0.6 is 11.6 Å². The van der Waals surface area contributed by atoms with E-state index >= 15 is 0 Å². The lowest BCUT2D eigenvalue weighted by molar-refractivity contribution is -0.123. The maximum Gasteiger partial charge on any atom is 0.238 e. The monoisotopic (exact) mass is 373 g/mol. The fourth-order valence-corrected chi connectivity index (χ4v) is 3.04. The number of halogens is 1. The molecule has 1 saturated heterocycles. The summed E-state index contributed by atoms with van der Waals surface area (Å²) in [4.78, 5) is 12.4. The van der Waals surface area contributed by atoms with E-state index in [0.717, 1.165) is 16.9 Å². The van der Waals surface area contributed by atoms with E-state index in [9.17, 15) is 4.79 Å². The fourth-order valence-electron chi connectivity index (χ4n) is 2.91. The molecule has 2 aromatic rings. The van der Waals surface area contributed by atoms with Gasteiger partial charge in [-0.05, 0) is 55.7 Å². The van der Waals surface area contributed by atoms with Gasteiger partial charge in [-0.3, -0.25) is 4.79 Å². The molecule has 2 aromatic carbocycles. The van der Waals surface area contributed by atoms with Gasteiger partial charge in [0, 0.05) is 17.6 Å². The van der Waals surface area contributed by atoms with Gasteiger partial charge < -0.3 is 10.1 Å². The first-order chi connectivity index (χ1) is 12.5. The van der Waals surface area contributed by atoms with E-state index in [2.05, 4.69) is 16.2 Å². The Morgan fingerprint density at radius 1 is 1.15 bits per heavy atom. The van der Waals surface area contributed by atoms with Crippen LogP contribution in [0.15, 0.2) is 48.5 Å². The van der Waals surface area contributed by atoms with E-state index in [0.29, 0.717) is 18.0 Å². The maximum atomic E-state index is 12.4. The van der Waals surface area contributed by atoms with Crippen LogP contribution in [-0.4, -0.2) is 18.1 Å². The summed E-state index contributed by atoms with van der Waals surface area (Å²) in [5.41, 5.74) is 8.39. The zero-order valence-electron chi connectivity index (χ0n) is 15.0. The minimum Gasteiger partial charge on any atom is -0.491 e. The molecule has 3 rings (SSSR count). The van der Waals surface area contributed by atoms with Crippen molar-refractivity contribution in [1.29, 1.82) is 0 Å². The van der Waals surface area contributed by atoms with Crippen molar-refractivity contribution in [3.8, 4) is 5.75 Å². The number of hydrazine groups is 1. The van der Waals surface area contributed by atoms with Gasteiger partial charge in [0.25, 0.3) is 0 Å². The van der Waals surface area contributed by atoms with Crippen LogP contribution in [0.1, 0.15) is 37.4 Å². The summed E-state index contributed by atoms with van der Waals surface area (Å²) in [6.45, 7) is 4.48. The smallest absolute Gasteiger partial charge is 0.238 e.